The van der Waals surface area contributed by atoms with Crippen LogP contribution in [0.2, 0.25) is 0 Å². The molecule has 1 aromatic heterocycles. The molecule has 1 aromatic rings. The van der Waals surface area contributed by atoms with Gasteiger partial charge in [-0.2, -0.15) is 0 Å². The van der Waals surface area contributed by atoms with E-state index in [1.54, 1.807) is 0 Å². The van der Waals surface area contributed by atoms with E-state index in [-0.39, 0.29) is 0 Å². The summed E-state index contributed by atoms with van der Waals surface area (Å²) in [5.41, 5.74) is 5.52. The fourth-order valence-corrected chi connectivity index (χ4v) is 1.72. The maximum atomic E-state index is 5.52. The highest BCUT2D eigenvalue weighted by atomic mass is 79.9. The van der Waals surface area contributed by atoms with Crippen LogP contribution in [-0.4, -0.2) is 5.16 Å². The SMILES string of the molecule is Nc1noc(CC2CCC2)c1Br. The second-order valence-corrected chi connectivity index (χ2v) is 4.10. The molecule has 1 heterocycles. The Kier molecular flexibility index (Phi) is 2.09. The summed E-state index contributed by atoms with van der Waals surface area (Å²) < 4.78 is 5.92. The molecule has 0 atom stereocenters. The number of hydrogen-bond acceptors (Lipinski definition) is 3. The van der Waals surface area contributed by atoms with E-state index in [1.807, 2.05) is 0 Å². The number of nitrogen functional groups attached to an aromatic ring is 1. The number of nitrogens with zero attached hydrogens (tertiary/aromatic N) is 1. The monoisotopic (exact) mass is 230 g/mol. The number of aromatic nitrogens is 1. The highest BCUT2D eigenvalue weighted by molar-refractivity contribution is 9.10. The highest BCUT2D eigenvalue weighted by Gasteiger charge is 2.22. The fourth-order valence-electron chi connectivity index (χ4n) is 1.41. The molecule has 0 bridgehead atoms. The van der Waals surface area contributed by atoms with Crippen LogP contribution < -0.4 is 5.73 Å². The van der Waals surface area contributed by atoms with E-state index in [0.29, 0.717) is 5.82 Å². The van der Waals surface area contributed by atoms with Gasteiger partial charge in [-0.15, -0.1) is 0 Å². The smallest absolute Gasteiger partial charge is 0.181 e. The van der Waals surface area contributed by atoms with Crippen LogP contribution in [0.15, 0.2) is 9.00 Å². The van der Waals surface area contributed by atoms with Crippen molar-refractivity contribution in [2.45, 2.75) is 25.7 Å². The molecule has 12 heavy (non-hydrogen) atoms. The Morgan fingerprint density at radius 3 is 2.75 bits per heavy atom. The summed E-state index contributed by atoms with van der Waals surface area (Å²) in [4.78, 5) is 0. The van der Waals surface area contributed by atoms with Crippen molar-refractivity contribution in [2.24, 2.45) is 5.92 Å². The number of hydrogen-bond donors (Lipinski definition) is 1. The van der Waals surface area contributed by atoms with Crippen molar-refractivity contribution in [3.8, 4) is 0 Å². The summed E-state index contributed by atoms with van der Waals surface area (Å²) in [7, 11) is 0. The van der Waals surface area contributed by atoms with Gasteiger partial charge in [0, 0.05) is 6.42 Å². The Bertz CT molecular complexity index is 281. The van der Waals surface area contributed by atoms with E-state index in [4.69, 9.17) is 10.3 Å². The van der Waals surface area contributed by atoms with Crippen molar-refractivity contribution in [1.82, 2.24) is 5.16 Å². The maximum absolute atomic E-state index is 5.52. The van der Waals surface area contributed by atoms with Gasteiger partial charge in [-0.3, -0.25) is 0 Å². The zero-order valence-corrected chi connectivity index (χ0v) is 8.30. The van der Waals surface area contributed by atoms with Gasteiger partial charge in [0.05, 0.1) is 0 Å². The zero-order valence-electron chi connectivity index (χ0n) is 6.72. The van der Waals surface area contributed by atoms with Crippen LogP contribution in [0.3, 0.4) is 0 Å². The molecular formula is C8H11BrN2O. The van der Waals surface area contributed by atoms with Gasteiger partial charge in [-0.25, -0.2) is 0 Å². The maximum Gasteiger partial charge on any atom is 0.181 e. The molecule has 4 heteroatoms. The average Bonchev–Trinajstić information content (AvgIpc) is 2.27. The van der Waals surface area contributed by atoms with Crippen molar-refractivity contribution in [2.75, 3.05) is 5.73 Å². The van der Waals surface area contributed by atoms with Crippen LogP contribution >= 0.6 is 15.9 Å². The highest BCUT2D eigenvalue weighted by Crippen LogP contribution is 2.33. The third-order valence-corrected chi connectivity index (χ3v) is 3.27. The molecule has 0 aromatic carbocycles. The lowest BCUT2D eigenvalue weighted by Gasteiger charge is -2.23. The Labute approximate surface area is 79.4 Å². The molecule has 0 saturated heterocycles. The van der Waals surface area contributed by atoms with Crippen molar-refractivity contribution < 1.29 is 4.52 Å². The van der Waals surface area contributed by atoms with Gasteiger partial charge in [0.2, 0.25) is 0 Å². The number of halogens is 1. The van der Waals surface area contributed by atoms with Crippen molar-refractivity contribution in [3.05, 3.63) is 10.2 Å². The molecule has 1 fully saturated rings. The summed E-state index contributed by atoms with van der Waals surface area (Å²) >= 11 is 3.35. The lowest BCUT2D eigenvalue weighted by atomic mass is 9.82. The molecule has 1 saturated carbocycles. The molecule has 0 spiro atoms. The van der Waals surface area contributed by atoms with E-state index in [0.717, 1.165) is 22.6 Å². The Hall–Kier alpha value is -0.510. The van der Waals surface area contributed by atoms with Gasteiger partial charge >= 0.3 is 0 Å². The van der Waals surface area contributed by atoms with Crippen molar-refractivity contribution in [3.63, 3.8) is 0 Å². The molecule has 2 N–H and O–H groups in total. The largest absolute Gasteiger partial charge is 0.380 e. The van der Waals surface area contributed by atoms with Gasteiger partial charge in [-0.1, -0.05) is 24.4 Å². The molecule has 1 aliphatic carbocycles. The number of nitrogens with two attached hydrogens (primary N) is 1. The van der Waals surface area contributed by atoms with Crippen LogP contribution in [0.1, 0.15) is 25.0 Å². The molecule has 2 rings (SSSR count). The summed E-state index contributed by atoms with van der Waals surface area (Å²) in [6, 6.07) is 0. The van der Waals surface area contributed by atoms with Crippen LogP contribution in [0.5, 0.6) is 0 Å². The Morgan fingerprint density at radius 1 is 1.58 bits per heavy atom. The normalized spacial score (nSPS) is 17.8. The molecule has 1 aliphatic rings. The van der Waals surface area contributed by atoms with Crippen molar-refractivity contribution in [1.29, 1.82) is 0 Å². The molecule has 0 radical (unpaired) electrons. The van der Waals surface area contributed by atoms with Gasteiger partial charge in [0.15, 0.2) is 11.6 Å². The Balaban J connectivity index is 2.06. The van der Waals surface area contributed by atoms with Crippen LogP contribution in [0.4, 0.5) is 5.82 Å². The van der Waals surface area contributed by atoms with E-state index in [2.05, 4.69) is 21.1 Å². The second-order valence-electron chi connectivity index (χ2n) is 3.31. The van der Waals surface area contributed by atoms with Gasteiger partial charge in [0.25, 0.3) is 0 Å². The van der Waals surface area contributed by atoms with Crippen LogP contribution in [-0.2, 0) is 6.42 Å². The first-order valence-corrected chi connectivity index (χ1v) is 4.96. The lowest BCUT2D eigenvalue weighted by Crippen LogP contribution is -2.13. The summed E-state index contributed by atoms with van der Waals surface area (Å²) in [5, 5.41) is 3.68. The predicted molar refractivity (Wildman–Crippen MR) is 49.7 cm³/mol. The summed E-state index contributed by atoms with van der Waals surface area (Å²) in [5.74, 6) is 2.15. The van der Waals surface area contributed by atoms with Gasteiger partial charge in [-0.05, 0) is 21.8 Å². The minimum Gasteiger partial charge on any atom is -0.380 e. The first kappa shape index (κ1) is 8.10. The first-order chi connectivity index (χ1) is 5.77. The molecule has 0 amide bonds. The molecule has 3 nitrogen and oxygen atoms in total. The minimum atomic E-state index is 0.462. The topological polar surface area (TPSA) is 52.0 Å². The average molecular weight is 231 g/mol. The minimum absolute atomic E-state index is 0.462. The van der Waals surface area contributed by atoms with E-state index in [9.17, 15) is 0 Å². The molecule has 66 valence electrons. The van der Waals surface area contributed by atoms with Crippen molar-refractivity contribution >= 4 is 21.7 Å². The molecular weight excluding hydrogens is 220 g/mol. The Morgan fingerprint density at radius 2 is 2.33 bits per heavy atom. The van der Waals surface area contributed by atoms with Crippen LogP contribution in [0.25, 0.3) is 0 Å². The number of rotatable bonds is 2. The third kappa shape index (κ3) is 1.35. The van der Waals surface area contributed by atoms with Gasteiger partial charge < -0.3 is 10.3 Å². The molecule has 0 aliphatic heterocycles. The third-order valence-electron chi connectivity index (χ3n) is 2.42. The van der Waals surface area contributed by atoms with E-state index < -0.39 is 0 Å². The second kappa shape index (κ2) is 3.09. The fraction of sp³-hybridized carbons (Fsp3) is 0.625. The number of anilines is 1. The standard InChI is InChI=1S/C8H11BrN2O/c9-7-6(12-11-8(7)10)4-5-2-1-3-5/h5H,1-4H2,(H2,10,11). The zero-order chi connectivity index (χ0) is 8.55. The lowest BCUT2D eigenvalue weighted by molar-refractivity contribution is 0.278. The summed E-state index contributed by atoms with van der Waals surface area (Å²) in [6.07, 6.45) is 4.96. The summed E-state index contributed by atoms with van der Waals surface area (Å²) in [6.45, 7) is 0. The molecule has 0 unspecified atom stereocenters. The van der Waals surface area contributed by atoms with E-state index in [1.165, 1.54) is 19.3 Å². The van der Waals surface area contributed by atoms with Gasteiger partial charge in [0.1, 0.15) is 4.47 Å². The predicted octanol–water partition coefficient (Wildman–Crippen LogP) is 2.36. The van der Waals surface area contributed by atoms with Crippen LogP contribution in [0, 0.1) is 5.92 Å². The first-order valence-electron chi connectivity index (χ1n) is 4.17. The quantitative estimate of drug-likeness (QED) is 0.849. The van der Waals surface area contributed by atoms with E-state index >= 15 is 0 Å².